The summed E-state index contributed by atoms with van der Waals surface area (Å²) >= 11 is 0. The first-order valence-electron chi connectivity index (χ1n) is 4.72. The standard InChI is InChI=1S/C11H15NO3/c1-4-15-11(13)9-7(2)5-6-8(12)10(9)14-3/h5-6H,4,12H2,1-3H3. The SMILES string of the molecule is CCOC(=O)c1c(C)ccc(N)c1OC. The van der Waals surface area contributed by atoms with Crippen LogP contribution in [0.15, 0.2) is 12.1 Å². The van der Waals surface area contributed by atoms with E-state index in [9.17, 15) is 4.79 Å². The summed E-state index contributed by atoms with van der Waals surface area (Å²) in [4.78, 5) is 11.6. The van der Waals surface area contributed by atoms with Crippen molar-refractivity contribution in [3.8, 4) is 5.75 Å². The summed E-state index contributed by atoms with van der Waals surface area (Å²) in [6, 6.07) is 3.47. The molecule has 0 amide bonds. The number of ether oxygens (including phenoxy) is 2. The summed E-state index contributed by atoms with van der Waals surface area (Å²) in [5.74, 6) is -0.0207. The van der Waals surface area contributed by atoms with Crippen molar-refractivity contribution in [3.05, 3.63) is 23.3 Å². The molecule has 4 nitrogen and oxygen atoms in total. The van der Waals surface area contributed by atoms with Crippen LogP contribution in [-0.2, 0) is 4.74 Å². The number of nitrogens with two attached hydrogens (primary N) is 1. The molecule has 0 heterocycles. The first-order chi connectivity index (χ1) is 7.11. The van der Waals surface area contributed by atoms with E-state index in [1.165, 1.54) is 7.11 Å². The van der Waals surface area contributed by atoms with E-state index >= 15 is 0 Å². The Hall–Kier alpha value is -1.71. The average Bonchev–Trinajstić information content (AvgIpc) is 2.21. The van der Waals surface area contributed by atoms with Crippen molar-refractivity contribution in [1.82, 2.24) is 0 Å². The Balaban J connectivity index is 3.24. The Morgan fingerprint density at radius 2 is 2.13 bits per heavy atom. The number of benzene rings is 1. The van der Waals surface area contributed by atoms with Gasteiger partial charge < -0.3 is 15.2 Å². The van der Waals surface area contributed by atoms with Crippen molar-refractivity contribution in [2.75, 3.05) is 19.5 Å². The van der Waals surface area contributed by atoms with E-state index < -0.39 is 5.97 Å². The Bertz CT molecular complexity index is 374. The average molecular weight is 209 g/mol. The molecule has 1 aromatic rings. The quantitative estimate of drug-likeness (QED) is 0.608. The Morgan fingerprint density at radius 1 is 1.47 bits per heavy atom. The zero-order valence-electron chi connectivity index (χ0n) is 9.16. The maximum Gasteiger partial charge on any atom is 0.342 e. The highest BCUT2D eigenvalue weighted by molar-refractivity contribution is 5.96. The molecule has 0 aromatic heterocycles. The second-order valence-corrected chi connectivity index (χ2v) is 3.10. The molecule has 0 fully saturated rings. The van der Waals surface area contributed by atoms with Gasteiger partial charge >= 0.3 is 5.97 Å². The highest BCUT2D eigenvalue weighted by Gasteiger charge is 2.18. The van der Waals surface area contributed by atoms with Crippen molar-refractivity contribution in [3.63, 3.8) is 0 Å². The van der Waals surface area contributed by atoms with Gasteiger partial charge in [-0.05, 0) is 25.5 Å². The molecule has 0 aliphatic rings. The van der Waals surface area contributed by atoms with E-state index in [4.69, 9.17) is 15.2 Å². The van der Waals surface area contributed by atoms with Crippen LogP contribution in [0, 0.1) is 6.92 Å². The zero-order valence-corrected chi connectivity index (χ0v) is 9.16. The van der Waals surface area contributed by atoms with Crippen LogP contribution in [-0.4, -0.2) is 19.7 Å². The van der Waals surface area contributed by atoms with E-state index in [0.717, 1.165) is 5.56 Å². The minimum atomic E-state index is -0.404. The van der Waals surface area contributed by atoms with Crippen molar-refractivity contribution in [2.24, 2.45) is 0 Å². The van der Waals surface area contributed by atoms with Gasteiger partial charge in [0.1, 0.15) is 5.56 Å². The van der Waals surface area contributed by atoms with E-state index in [1.54, 1.807) is 19.1 Å². The molecule has 0 spiro atoms. The predicted molar refractivity (Wildman–Crippen MR) is 58.1 cm³/mol. The largest absolute Gasteiger partial charge is 0.494 e. The summed E-state index contributed by atoms with van der Waals surface area (Å²) in [7, 11) is 1.48. The van der Waals surface area contributed by atoms with Crippen LogP contribution < -0.4 is 10.5 Å². The molecule has 0 unspecified atom stereocenters. The van der Waals surface area contributed by atoms with Gasteiger partial charge in [-0.2, -0.15) is 0 Å². The highest BCUT2D eigenvalue weighted by Crippen LogP contribution is 2.29. The normalized spacial score (nSPS) is 9.80. The van der Waals surface area contributed by atoms with E-state index in [1.807, 2.05) is 6.92 Å². The number of hydrogen-bond acceptors (Lipinski definition) is 4. The van der Waals surface area contributed by atoms with Gasteiger partial charge in [0, 0.05) is 0 Å². The lowest BCUT2D eigenvalue weighted by atomic mass is 10.1. The van der Waals surface area contributed by atoms with Gasteiger partial charge in [-0.25, -0.2) is 4.79 Å². The van der Waals surface area contributed by atoms with Crippen LogP contribution in [0.4, 0.5) is 5.69 Å². The fourth-order valence-electron chi connectivity index (χ4n) is 1.37. The summed E-state index contributed by atoms with van der Waals surface area (Å²) in [5, 5.41) is 0. The van der Waals surface area contributed by atoms with Gasteiger partial charge in [0.2, 0.25) is 0 Å². The highest BCUT2D eigenvalue weighted by atomic mass is 16.5. The number of hydrogen-bond donors (Lipinski definition) is 1. The van der Waals surface area contributed by atoms with Crippen LogP contribution >= 0.6 is 0 Å². The molecular weight excluding hydrogens is 194 g/mol. The van der Waals surface area contributed by atoms with Gasteiger partial charge in [0.05, 0.1) is 19.4 Å². The smallest absolute Gasteiger partial charge is 0.342 e. The molecule has 0 saturated carbocycles. The third-order valence-electron chi connectivity index (χ3n) is 2.08. The van der Waals surface area contributed by atoms with E-state index in [2.05, 4.69) is 0 Å². The predicted octanol–water partition coefficient (Wildman–Crippen LogP) is 1.76. The maximum atomic E-state index is 11.6. The lowest BCUT2D eigenvalue weighted by molar-refractivity contribution is 0.0522. The van der Waals surface area contributed by atoms with E-state index in [0.29, 0.717) is 23.6 Å². The Morgan fingerprint density at radius 3 is 2.67 bits per heavy atom. The minimum absolute atomic E-state index is 0.330. The molecule has 0 radical (unpaired) electrons. The molecular formula is C11H15NO3. The Kier molecular flexibility index (Phi) is 3.55. The fourth-order valence-corrected chi connectivity index (χ4v) is 1.37. The third-order valence-corrected chi connectivity index (χ3v) is 2.08. The first kappa shape index (κ1) is 11.4. The molecule has 2 N–H and O–H groups in total. The van der Waals surface area contributed by atoms with Gasteiger partial charge in [-0.3, -0.25) is 0 Å². The van der Waals surface area contributed by atoms with Crippen molar-refractivity contribution in [1.29, 1.82) is 0 Å². The summed E-state index contributed by atoms with van der Waals surface area (Å²) < 4.78 is 10.0. The molecule has 0 aliphatic carbocycles. The minimum Gasteiger partial charge on any atom is -0.494 e. The van der Waals surface area contributed by atoms with Crippen LogP contribution in [0.2, 0.25) is 0 Å². The van der Waals surface area contributed by atoms with Gasteiger partial charge in [0.25, 0.3) is 0 Å². The van der Waals surface area contributed by atoms with Gasteiger partial charge in [-0.1, -0.05) is 6.07 Å². The first-order valence-corrected chi connectivity index (χ1v) is 4.72. The van der Waals surface area contributed by atoms with Gasteiger partial charge in [-0.15, -0.1) is 0 Å². The van der Waals surface area contributed by atoms with Crippen LogP contribution in [0.3, 0.4) is 0 Å². The summed E-state index contributed by atoms with van der Waals surface area (Å²) in [6.45, 7) is 3.90. The number of esters is 1. The fraction of sp³-hybridized carbons (Fsp3) is 0.364. The van der Waals surface area contributed by atoms with Crippen LogP contribution in [0.25, 0.3) is 0 Å². The van der Waals surface area contributed by atoms with Crippen LogP contribution in [0.1, 0.15) is 22.8 Å². The molecule has 0 atom stereocenters. The lowest BCUT2D eigenvalue weighted by Gasteiger charge is -2.12. The molecule has 4 heteroatoms. The summed E-state index contributed by atoms with van der Waals surface area (Å²) in [6.07, 6.45) is 0. The van der Waals surface area contributed by atoms with E-state index in [-0.39, 0.29) is 0 Å². The van der Waals surface area contributed by atoms with Crippen molar-refractivity contribution < 1.29 is 14.3 Å². The zero-order chi connectivity index (χ0) is 11.4. The Labute approximate surface area is 89.0 Å². The third kappa shape index (κ3) is 2.21. The second-order valence-electron chi connectivity index (χ2n) is 3.10. The van der Waals surface area contributed by atoms with Crippen molar-refractivity contribution in [2.45, 2.75) is 13.8 Å². The number of anilines is 1. The summed E-state index contributed by atoms with van der Waals surface area (Å²) in [5.41, 5.74) is 7.33. The maximum absolute atomic E-state index is 11.6. The van der Waals surface area contributed by atoms with Gasteiger partial charge in [0.15, 0.2) is 5.75 Å². The monoisotopic (exact) mass is 209 g/mol. The molecule has 1 rings (SSSR count). The number of carbonyl (C=O) groups is 1. The number of aryl methyl sites for hydroxylation is 1. The molecule has 0 aliphatic heterocycles. The molecule has 0 bridgehead atoms. The molecule has 0 saturated heterocycles. The second kappa shape index (κ2) is 4.68. The van der Waals surface area contributed by atoms with Crippen molar-refractivity contribution >= 4 is 11.7 Å². The number of carbonyl (C=O) groups excluding carboxylic acids is 1. The lowest BCUT2D eigenvalue weighted by Crippen LogP contribution is -2.10. The number of nitrogen functional groups attached to an aromatic ring is 1. The topological polar surface area (TPSA) is 61.5 Å². The molecule has 15 heavy (non-hydrogen) atoms. The molecule has 82 valence electrons. The van der Waals surface area contributed by atoms with Crippen LogP contribution in [0.5, 0.6) is 5.75 Å². The number of methoxy groups -OCH3 is 1. The molecule has 1 aromatic carbocycles. The number of rotatable bonds is 3.